The van der Waals surface area contributed by atoms with Crippen LogP contribution in [0.4, 0.5) is 10.1 Å². The number of carbonyl (C=O) groups is 2. The molecule has 0 bridgehead atoms. The van der Waals surface area contributed by atoms with Crippen molar-refractivity contribution in [3.63, 3.8) is 0 Å². The van der Waals surface area contributed by atoms with Crippen molar-refractivity contribution in [3.8, 4) is 28.7 Å². The van der Waals surface area contributed by atoms with Crippen LogP contribution in [-0.2, 0) is 36.1 Å². The predicted octanol–water partition coefficient (Wildman–Crippen LogP) is 3.92. The fraction of sp³-hybridized carbons (Fsp3) is 0.317. The number of halogens is 3. The van der Waals surface area contributed by atoms with Gasteiger partial charge in [0.1, 0.15) is 11.5 Å². The summed E-state index contributed by atoms with van der Waals surface area (Å²) in [7, 11) is 7.23. The molecule has 2 amide bonds. The molecule has 0 radical (unpaired) electrons. The minimum atomic E-state index is -2.20. The standard InChI is InChI=1S/C41H37Cl2FN6O10/c1-46-28-19-31(58-3)30(57-2)18-27(28)45-26(35(46)52)13-14-47-38(55)48-15-12-24-25(11-6-21-16-32(59-4)34(51)33(17-21)60-5)41(43)37(54)49(23-9-7-22(44)8-10-23)36(53)40(41,42)20-29(24)50(48)39(47)56/h6-12,16-19,25,29,51H,13-15,20H2,1-5H3. The highest BCUT2D eigenvalue weighted by Crippen LogP contribution is 2.61. The maximum absolute atomic E-state index is 14.6. The fourth-order valence-electron chi connectivity index (χ4n) is 8.45. The number of benzene rings is 3. The molecule has 312 valence electrons. The average Bonchev–Trinajstić information content (AvgIpc) is 3.57. The van der Waals surface area contributed by atoms with Gasteiger partial charge in [-0.15, -0.1) is 23.2 Å². The summed E-state index contributed by atoms with van der Waals surface area (Å²) >= 11 is 14.8. The number of alkyl halides is 2. The molecular weight excluding hydrogens is 826 g/mol. The second-order valence-electron chi connectivity index (χ2n) is 14.5. The van der Waals surface area contributed by atoms with E-state index < -0.39 is 62.7 Å². The first-order valence-electron chi connectivity index (χ1n) is 18.5. The molecule has 2 fully saturated rings. The third-order valence-corrected chi connectivity index (χ3v) is 12.9. The number of hydrogen-bond acceptors (Lipinski definition) is 11. The number of ether oxygens (including phenoxy) is 4. The van der Waals surface area contributed by atoms with Crippen LogP contribution in [0.2, 0.25) is 0 Å². The predicted molar refractivity (Wildman–Crippen MR) is 218 cm³/mol. The summed E-state index contributed by atoms with van der Waals surface area (Å²) in [5.74, 6) is -2.84. The molecule has 5 aromatic rings. The van der Waals surface area contributed by atoms with Crippen molar-refractivity contribution in [3.05, 3.63) is 115 Å². The Labute approximate surface area is 349 Å². The first kappa shape index (κ1) is 40.4. The molecule has 60 heavy (non-hydrogen) atoms. The molecule has 1 N–H and O–H groups in total. The molecule has 4 atom stereocenters. The van der Waals surface area contributed by atoms with Crippen LogP contribution in [-0.4, -0.2) is 78.6 Å². The van der Waals surface area contributed by atoms with Crippen LogP contribution in [0.5, 0.6) is 28.7 Å². The Hall–Kier alpha value is -6.33. The van der Waals surface area contributed by atoms with Gasteiger partial charge in [-0.2, -0.15) is 0 Å². The molecule has 2 aromatic heterocycles. The Balaban J connectivity index is 1.22. The Kier molecular flexibility index (Phi) is 9.94. The van der Waals surface area contributed by atoms with Gasteiger partial charge in [0.25, 0.3) is 17.4 Å². The van der Waals surface area contributed by atoms with Gasteiger partial charge < -0.3 is 28.6 Å². The van der Waals surface area contributed by atoms with E-state index in [9.17, 15) is 33.5 Å². The van der Waals surface area contributed by atoms with Gasteiger partial charge in [0, 0.05) is 44.5 Å². The summed E-state index contributed by atoms with van der Waals surface area (Å²) < 4.78 is 40.2. The number of aromatic hydroxyl groups is 1. The summed E-state index contributed by atoms with van der Waals surface area (Å²) in [4.78, 5) is 72.0. The smallest absolute Gasteiger partial charge is 0.347 e. The lowest BCUT2D eigenvalue weighted by atomic mass is 9.66. The Morgan fingerprint density at radius 1 is 0.883 bits per heavy atom. The second-order valence-corrected chi connectivity index (χ2v) is 15.7. The first-order valence-corrected chi connectivity index (χ1v) is 19.3. The van der Waals surface area contributed by atoms with Gasteiger partial charge in [-0.05, 0) is 47.5 Å². The number of phenolic OH excluding ortho intramolecular Hbond substituents is 1. The molecule has 4 heterocycles. The Morgan fingerprint density at radius 2 is 1.52 bits per heavy atom. The molecule has 0 spiro atoms. The van der Waals surface area contributed by atoms with Gasteiger partial charge in [-0.1, -0.05) is 18.2 Å². The molecule has 3 aliphatic rings. The SMILES string of the molecule is COc1cc2nc(CCn3c(=O)n4n(c3=O)C3CC5(Cl)C(=O)N(c6ccc(F)cc6)C(=O)C5(Cl)C(C=Cc5cc(OC)c(O)c(OC)c5)C3=CC4)c(=O)n(C)c2cc1OC. The van der Waals surface area contributed by atoms with Crippen LogP contribution >= 0.6 is 23.2 Å². The van der Waals surface area contributed by atoms with E-state index in [4.69, 9.17) is 42.1 Å². The molecule has 16 nitrogen and oxygen atoms in total. The lowest BCUT2D eigenvalue weighted by Gasteiger charge is -2.47. The molecule has 1 aliphatic carbocycles. The molecule has 8 rings (SSSR count). The van der Waals surface area contributed by atoms with Crippen LogP contribution < -0.4 is 40.8 Å². The molecule has 4 unspecified atom stereocenters. The number of aryl methyl sites for hydroxylation is 2. The summed E-state index contributed by atoms with van der Waals surface area (Å²) in [5.41, 5.74) is -0.0164. The zero-order valence-electron chi connectivity index (χ0n) is 32.8. The van der Waals surface area contributed by atoms with E-state index in [0.29, 0.717) is 33.7 Å². The van der Waals surface area contributed by atoms with Gasteiger partial charge in [0.2, 0.25) is 5.75 Å². The number of carbonyl (C=O) groups excluding carboxylic acids is 2. The number of anilines is 1. The number of hydrogen-bond donors (Lipinski definition) is 1. The second kappa shape index (κ2) is 14.7. The normalized spacial score (nSPS) is 22.1. The number of allylic oxidation sites excluding steroid dienone is 3. The fourth-order valence-corrected chi connectivity index (χ4v) is 9.32. The van der Waals surface area contributed by atoms with E-state index in [0.717, 1.165) is 21.6 Å². The Morgan fingerprint density at radius 3 is 2.15 bits per heavy atom. The van der Waals surface area contributed by atoms with Crippen LogP contribution in [0, 0.1) is 11.7 Å². The van der Waals surface area contributed by atoms with E-state index in [-0.39, 0.29) is 48.1 Å². The molecular formula is C41H37Cl2FN6O10. The van der Waals surface area contributed by atoms with Crippen molar-refractivity contribution in [2.75, 3.05) is 33.3 Å². The molecule has 2 aliphatic heterocycles. The first-order chi connectivity index (χ1) is 28.6. The molecule has 19 heteroatoms. The third-order valence-electron chi connectivity index (χ3n) is 11.5. The summed E-state index contributed by atoms with van der Waals surface area (Å²) in [6.07, 6.45) is 4.32. The van der Waals surface area contributed by atoms with Gasteiger partial charge >= 0.3 is 11.4 Å². The number of fused-ring (bicyclic) bond motifs is 5. The van der Waals surface area contributed by atoms with Crippen LogP contribution in [0.3, 0.4) is 0 Å². The van der Waals surface area contributed by atoms with Gasteiger partial charge in [0.05, 0.1) is 57.7 Å². The number of rotatable bonds is 10. The van der Waals surface area contributed by atoms with Gasteiger partial charge in [-0.25, -0.2) is 37.8 Å². The number of nitrogens with zero attached hydrogens (tertiary/aromatic N) is 6. The van der Waals surface area contributed by atoms with Crippen molar-refractivity contribution in [2.45, 2.75) is 41.7 Å². The number of imide groups is 1. The highest BCUT2D eigenvalue weighted by atomic mass is 35.5. The van der Waals surface area contributed by atoms with E-state index in [1.54, 1.807) is 37.4 Å². The topological polar surface area (TPSA) is 178 Å². The molecule has 1 saturated carbocycles. The minimum Gasteiger partial charge on any atom is -0.502 e. The number of aromatic nitrogens is 5. The van der Waals surface area contributed by atoms with Gasteiger partial charge in [0.15, 0.2) is 32.7 Å². The molecule has 3 aromatic carbocycles. The maximum atomic E-state index is 14.6. The zero-order chi connectivity index (χ0) is 43.0. The minimum absolute atomic E-state index is 0.0276. The van der Waals surface area contributed by atoms with Crippen LogP contribution in [0.15, 0.2) is 80.6 Å². The number of phenols is 1. The lowest BCUT2D eigenvalue weighted by molar-refractivity contribution is -0.122. The van der Waals surface area contributed by atoms with Gasteiger partial charge in [-0.3, -0.25) is 14.4 Å². The van der Waals surface area contributed by atoms with Crippen molar-refractivity contribution < 1.29 is 38.0 Å². The highest BCUT2D eigenvalue weighted by molar-refractivity contribution is 6.57. The van der Waals surface area contributed by atoms with E-state index in [2.05, 4.69) is 4.98 Å². The average molecular weight is 864 g/mol. The van der Waals surface area contributed by atoms with E-state index in [1.807, 2.05) is 0 Å². The summed E-state index contributed by atoms with van der Waals surface area (Å²) in [6, 6.07) is 9.88. The molecule has 1 saturated heterocycles. The van der Waals surface area contributed by atoms with Crippen molar-refractivity contribution in [2.24, 2.45) is 13.0 Å². The zero-order valence-corrected chi connectivity index (χ0v) is 34.3. The Bertz CT molecular complexity index is 2860. The van der Waals surface area contributed by atoms with Crippen LogP contribution in [0.1, 0.15) is 23.7 Å². The lowest BCUT2D eigenvalue weighted by Crippen LogP contribution is -2.60. The highest BCUT2D eigenvalue weighted by Gasteiger charge is 2.75. The number of methoxy groups -OCH3 is 4. The monoisotopic (exact) mass is 862 g/mol. The van der Waals surface area contributed by atoms with E-state index >= 15 is 0 Å². The maximum Gasteiger partial charge on any atom is 0.347 e. The largest absolute Gasteiger partial charge is 0.502 e. The van der Waals surface area contributed by atoms with Crippen LogP contribution in [0.25, 0.3) is 17.1 Å². The van der Waals surface area contributed by atoms with Crippen molar-refractivity contribution in [1.29, 1.82) is 0 Å². The summed E-state index contributed by atoms with van der Waals surface area (Å²) in [5, 5.41) is 10.5. The third kappa shape index (κ3) is 5.84. The quantitative estimate of drug-likeness (QED) is 0.122. The summed E-state index contributed by atoms with van der Waals surface area (Å²) in [6.45, 7) is -0.357. The van der Waals surface area contributed by atoms with E-state index in [1.165, 1.54) is 66.6 Å². The number of amides is 2. The van der Waals surface area contributed by atoms with Crippen molar-refractivity contribution >= 4 is 57.8 Å². The van der Waals surface area contributed by atoms with Crippen molar-refractivity contribution in [1.82, 2.24) is 23.5 Å².